The van der Waals surface area contributed by atoms with Crippen molar-refractivity contribution in [1.82, 2.24) is 24.9 Å². The Morgan fingerprint density at radius 2 is 1.48 bits per heavy atom. The number of halogens is 2. The summed E-state index contributed by atoms with van der Waals surface area (Å²) in [4.78, 5) is 20.2. The van der Waals surface area contributed by atoms with E-state index in [9.17, 15) is 8.78 Å². The number of pyridine rings is 3. The maximum atomic E-state index is 14.1. The Kier molecular flexibility index (Phi) is 4.66. The molecule has 1 N–H and O–H groups in total. The minimum atomic E-state index is -0.888. The summed E-state index contributed by atoms with van der Waals surface area (Å²) in [6, 6.07) is 13.5. The zero-order chi connectivity index (χ0) is 20.6. The second-order valence-corrected chi connectivity index (χ2v) is 7.33. The van der Waals surface area contributed by atoms with Crippen LogP contribution in [0.25, 0.3) is 22.8 Å². The Balaban J connectivity index is 1.74. The predicted molar refractivity (Wildman–Crippen MR) is 106 cm³/mol. The quantitative estimate of drug-likeness (QED) is 0.506. The molecule has 4 heterocycles. The van der Waals surface area contributed by atoms with E-state index in [0.29, 0.717) is 17.2 Å². The third-order valence-corrected chi connectivity index (χ3v) is 4.82. The van der Waals surface area contributed by atoms with Crippen LogP contribution in [0.3, 0.4) is 0 Å². The summed E-state index contributed by atoms with van der Waals surface area (Å²) < 4.78 is 27.3. The van der Waals surface area contributed by atoms with E-state index in [1.165, 1.54) is 6.07 Å². The van der Waals surface area contributed by atoms with Crippen LogP contribution in [0.15, 0.2) is 54.7 Å². The molecule has 29 heavy (non-hydrogen) atoms. The molecule has 0 aliphatic carbocycles. The van der Waals surface area contributed by atoms with Crippen LogP contribution >= 0.6 is 0 Å². The van der Waals surface area contributed by atoms with Crippen molar-refractivity contribution in [3.63, 3.8) is 0 Å². The number of aromatic amines is 1. The molecule has 0 unspecified atom stereocenters. The van der Waals surface area contributed by atoms with Crippen molar-refractivity contribution in [2.24, 2.45) is 0 Å². The van der Waals surface area contributed by atoms with Crippen LogP contribution in [0, 0.1) is 18.8 Å². The molecule has 0 spiro atoms. The molecule has 0 radical (unpaired) electrons. The maximum absolute atomic E-state index is 14.1. The van der Waals surface area contributed by atoms with E-state index in [2.05, 4.69) is 19.9 Å². The number of imidazole rings is 1. The van der Waals surface area contributed by atoms with Gasteiger partial charge in [-0.2, -0.15) is 13.8 Å². The van der Waals surface area contributed by atoms with Crippen LogP contribution < -0.4 is 0 Å². The first kappa shape index (κ1) is 18.9. The normalized spacial score (nSPS) is 11.6. The van der Waals surface area contributed by atoms with Gasteiger partial charge in [-0.15, -0.1) is 0 Å². The van der Waals surface area contributed by atoms with Crippen molar-refractivity contribution in [3.8, 4) is 22.8 Å². The number of rotatable bonds is 4. The standard InChI is InChI=1S/C22H19F2N5/c1-13-12-25-21(26-13)16-7-5-9-18(28-16)22(2,3)17-8-4-6-15(27-17)14-10-11-19(23)29-20(14)24/h4-12H,1-3H3,(H,25,26). The van der Waals surface area contributed by atoms with E-state index in [-0.39, 0.29) is 5.56 Å². The lowest BCUT2D eigenvalue weighted by Gasteiger charge is -2.24. The summed E-state index contributed by atoms with van der Waals surface area (Å²) in [7, 11) is 0. The fourth-order valence-corrected chi connectivity index (χ4v) is 3.12. The topological polar surface area (TPSA) is 67.3 Å². The third kappa shape index (κ3) is 3.63. The van der Waals surface area contributed by atoms with Crippen LogP contribution in [-0.2, 0) is 5.41 Å². The summed E-state index contributed by atoms with van der Waals surface area (Å²) in [5.74, 6) is -1.06. The van der Waals surface area contributed by atoms with Gasteiger partial charge in [0, 0.05) is 17.3 Å². The van der Waals surface area contributed by atoms with Crippen molar-refractivity contribution in [2.75, 3.05) is 0 Å². The monoisotopic (exact) mass is 391 g/mol. The number of H-pyrrole nitrogens is 1. The molecular weight excluding hydrogens is 372 g/mol. The highest BCUT2D eigenvalue weighted by atomic mass is 19.1. The third-order valence-electron chi connectivity index (χ3n) is 4.82. The number of hydrogen-bond acceptors (Lipinski definition) is 4. The Morgan fingerprint density at radius 3 is 2.10 bits per heavy atom. The van der Waals surface area contributed by atoms with Gasteiger partial charge >= 0.3 is 0 Å². The molecular formula is C22H19F2N5. The molecule has 146 valence electrons. The summed E-state index contributed by atoms with van der Waals surface area (Å²) in [5.41, 5.74) is 3.17. The Hall–Kier alpha value is -3.48. The van der Waals surface area contributed by atoms with E-state index >= 15 is 0 Å². The summed E-state index contributed by atoms with van der Waals surface area (Å²) in [6.45, 7) is 5.93. The first-order valence-corrected chi connectivity index (χ1v) is 9.14. The van der Waals surface area contributed by atoms with Crippen LogP contribution in [0.1, 0.15) is 30.9 Å². The number of nitrogens with one attached hydrogen (secondary N) is 1. The highest BCUT2D eigenvalue weighted by Gasteiger charge is 2.27. The smallest absolute Gasteiger partial charge is 0.224 e. The first-order valence-electron chi connectivity index (χ1n) is 9.14. The molecule has 0 aliphatic heterocycles. The van der Waals surface area contributed by atoms with Gasteiger partial charge in [0.05, 0.1) is 22.6 Å². The Morgan fingerprint density at radius 1 is 0.828 bits per heavy atom. The van der Waals surface area contributed by atoms with Crippen LogP contribution in [-0.4, -0.2) is 24.9 Å². The van der Waals surface area contributed by atoms with E-state index in [4.69, 9.17) is 4.98 Å². The van der Waals surface area contributed by atoms with Gasteiger partial charge in [0.2, 0.25) is 11.9 Å². The van der Waals surface area contributed by atoms with Crippen LogP contribution in [0.5, 0.6) is 0 Å². The molecule has 4 aromatic rings. The van der Waals surface area contributed by atoms with Crippen molar-refractivity contribution < 1.29 is 8.78 Å². The van der Waals surface area contributed by atoms with Crippen LogP contribution in [0.4, 0.5) is 8.78 Å². The van der Waals surface area contributed by atoms with Crippen molar-refractivity contribution in [1.29, 1.82) is 0 Å². The zero-order valence-corrected chi connectivity index (χ0v) is 16.2. The molecule has 0 aromatic carbocycles. The first-order chi connectivity index (χ1) is 13.8. The van der Waals surface area contributed by atoms with Gasteiger partial charge in [-0.1, -0.05) is 12.1 Å². The number of nitrogens with zero attached hydrogens (tertiary/aromatic N) is 4. The lowest BCUT2D eigenvalue weighted by atomic mass is 9.84. The summed E-state index contributed by atoms with van der Waals surface area (Å²) in [6.07, 6.45) is 1.76. The van der Waals surface area contributed by atoms with Crippen LogP contribution in [0.2, 0.25) is 0 Å². The molecule has 0 saturated heterocycles. The second kappa shape index (κ2) is 7.16. The molecule has 0 saturated carbocycles. The van der Waals surface area contributed by atoms with Gasteiger partial charge in [0.25, 0.3) is 0 Å². The van der Waals surface area contributed by atoms with Crippen molar-refractivity contribution in [2.45, 2.75) is 26.2 Å². The number of aromatic nitrogens is 5. The molecule has 4 rings (SSSR count). The summed E-state index contributed by atoms with van der Waals surface area (Å²) >= 11 is 0. The fourth-order valence-electron chi connectivity index (χ4n) is 3.12. The average molecular weight is 391 g/mol. The molecule has 0 fully saturated rings. The van der Waals surface area contributed by atoms with E-state index < -0.39 is 17.3 Å². The maximum Gasteiger partial charge on any atom is 0.224 e. The van der Waals surface area contributed by atoms with E-state index in [0.717, 1.165) is 23.1 Å². The molecule has 0 bridgehead atoms. The lowest BCUT2D eigenvalue weighted by molar-refractivity contribution is 0.514. The number of aryl methyl sites for hydroxylation is 1. The van der Waals surface area contributed by atoms with E-state index in [1.54, 1.807) is 18.3 Å². The van der Waals surface area contributed by atoms with Gasteiger partial charge in [-0.25, -0.2) is 9.97 Å². The Bertz CT molecular complexity index is 1180. The van der Waals surface area contributed by atoms with E-state index in [1.807, 2.05) is 45.0 Å². The summed E-state index contributed by atoms with van der Waals surface area (Å²) in [5, 5.41) is 0. The van der Waals surface area contributed by atoms with Gasteiger partial charge in [0.15, 0.2) is 5.82 Å². The lowest BCUT2D eigenvalue weighted by Crippen LogP contribution is -2.22. The second-order valence-electron chi connectivity index (χ2n) is 7.33. The van der Waals surface area contributed by atoms with Crippen molar-refractivity contribution in [3.05, 3.63) is 83.7 Å². The minimum Gasteiger partial charge on any atom is -0.341 e. The molecule has 0 atom stereocenters. The van der Waals surface area contributed by atoms with Gasteiger partial charge in [-0.05, 0) is 57.2 Å². The van der Waals surface area contributed by atoms with Gasteiger partial charge < -0.3 is 4.98 Å². The molecule has 4 aromatic heterocycles. The molecule has 5 nitrogen and oxygen atoms in total. The molecule has 0 aliphatic rings. The minimum absolute atomic E-state index is 0.150. The highest BCUT2D eigenvalue weighted by Crippen LogP contribution is 2.31. The highest BCUT2D eigenvalue weighted by molar-refractivity contribution is 5.59. The van der Waals surface area contributed by atoms with Gasteiger partial charge in [0.1, 0.15) is 5.69 Å². The SMILES string of the molecule is Cc1cnc(-c2cccc(C(C)(C)c3cccc(-c4ccc(F)nc4F)n3)n2)[nH]1. The molecule has 0 amide bonds. The average Bonchev–Trinajstić information content (AvgIpc) is 3.14. The Labute approximate surface area is 166 Å². The van der Waals surface area contributed by atoms with Gasteiger partial charge in [-0.3, -0.25) is 4.98 Å². The predicted octanol–water partition coefficient (Wildman–Crippen LogP) is 4.84. The number of hydrogen-bond donors (Lipinski definition) is 1. The zero-order valence-electron chi connectivity index (χ0n) is 16.2. The fraction of sp³-hybridized carbons (Fsp3) is 0.182. The largest absolute Gasteiger partial charge is 0.341 e. The molecule has 7 heteroatoms. The van der Waals surface area contributed by atoms with Crippen molar-refractivity contribution >= 4 is 0 Å².